The van der Waals surface area contributed by atoms with Crippen molar-refractivity contribution in [1.82, 2.24) is 9.97 Å². The summed E-state index contributed by atoms with van der Waals surface area (Å²) in [5, 5.41) is 3.18. The van der Waals surface area contributed by atoms with Crippen LogP contribution in [0.5, 0.6) is 0 Å². The van der Waals surface area contributed by atoms with E-state index in [0.717, 1.165) is 49.9 Å². The van der Waals surface area contributed by atoms with E-state index in [9.17, 15) is 0 Å². The molecule has 0 saturated heterocycles. The van der Waals surface area contributed by atoms with Gasteiger partial charge in [0.05, 0.1) is 0 Å². The van der Waals surface area contributed by atoms with Crippen LogP contribution in [0.4, 0.5) is 11.8 Å². The molecule has 4 nitrogen and oxygen atoms in total. The van der Waals surface area contributed by atoms with Crippen LogP contribution in [0.3, 0.4) is 0 Å². The van der Waals surface area contributed by atoms with E-state index < -0.39 is 0 Å². The van der Waals surface area contributed by atoms with Gasteiger partial charge >= 0.3 is 0 Å². The highest BCUT2D eigenvalue weighted by atomic mass is 15.2. The largest absolute Gasteiger partial charge is 0.356 e. The highest BCUT2D eigenvalue weighted by molar-refractivity contribution is 5.44. The molecule has 0 amide bonds. The minimum absolute atomic E-state index is 0.736. The summed E-state index contributed by atoms with van der Waals surface area (Å²) in [7, 11) is 0. The van der Waals surface area contributed by atoms with Gasteiger partial charge in [-0.15, -0.1) is 0 Å². The summed E-state index contributed by atoms with van der Waals surface area (Å²) in [6.07, 6.45) is 2.28. The van der Waals surface area contributed by atoms with Gasteiger partial charge in [-0.25, -0.2) is 4.98 Å². The first-order valence-corrected chi connectivity index (χ1v) is 6.55. The molecule has 0 bridgehead atoms. The van der Waals surface area contributed by atoms with Crippen molar-refractivity contribution in [2.24, 2.45) is 0 Å². The third-order valence-corrected chi connectivity index (χ3v) is 2.49. The molecular weight excluding hydrogens is 212 g/mol. The van der Waals surface area contributed by atoms with Crippen molar-refractivity contribution >= 4 is 11.8 Å². The fourth-order valence-corrected chi connectivity index (χ4v) is 1.83. The fourth-order valence-electron chi connectivity index (χ4n) is 1.83. The van der Waals surface area contributed by atoms with E-state index in [-0.39, 0.29) is 0 Å². The molecule has 0 aromatic carbocycles. The molecule has 1 aromatic rings. The van der Waals surface area contributed by atoms with Crippen molar-refractivity contribution in [3.8, 4) is 0 Å². The summed E-state index contributed by atoms with van der Waals surface area (Å²) in [4.78, 5) is 11.3. The molecule has 96 valence electrons. The van der Waals surface area contributed by atoms with E-state index in [2.05, 4.69) is 47.0 Å². The quantitative estimate of drug-likeness (QED) is 0.790. The Kier molecular flexibility index (Phi) is 5.73. The highest BCUT2D eigenvalue weighted by Crippen LogP contribution is 2.15. The van der Waals surface area contributed by atoms with Crippen LogP contribution in [-0.2, 0) is 0 Å². The van der Waals surface area contributed by atoms with Crippen molar-refractivity contribution in [2.75, 3.05) is 29.9 Å². The van der Waals surface area contributed by atoms with E-state index in [4.69, 9.17) is 0 Å². The van der Waals surface area contributed by atoms with Gasteiger partial charge in [0, 0.05) is 31.4 Å². The van der Waals surface area contributed by atoms with Crippen LogP contribution < -0.4 is 10.2 Å². The van der Waals surface area contributed by atoms with Gasteiger partial charge < -0.3 is 10.2 Å². The Morgan fingerprint density at radius 1 is 1.12 bits per heavy atom. The maximum Gasteiger partial charge on any atom is 0.224 e. The molecule has 0 saturated carbocycles. The zero-order valence-corrected chi connectivity index (χ0v) is 11.5. The molecule has 1 aromatic heterocycles. The topological polar surface area (TPSA) is 41.1 Å². The van der Waals surface area contributed by atoms with Crippen molar-refractivity contribution < 1.29 is 0 Å². The lowest BCUT2D eigenvalue weighted by Crippen LogP contribution is -2.26. The zero-order chi connectivity index (χ0) is 12.7. The molecule has 0 atom stereocenters. The molecule has 4 heteroatoms. The van der Waals surface area contributed by atoms with Gasteiger partial charge in [0.25, 0.3) is 0 Å². The SMILES string of the molecule is CCCN(CCC)c1cc(C)nc(NCC)n1. The number of nitrogens with zero attached hydrogens (tertiary/aromatic N) is 3. The third-order valence-electron chi connectivity index (χ3n) is 2.49. The molecule has 1 N–H and O–H groups in total. The van der Waals surface area contributed by atoms with Crippen LogP contribution in [0, 0.1) is 6.92 Å². The summed E-state index contributed by atoms with van der Waals surface area (Å²) in [5.41, 5.74) is 1.02. The number of anilines is 2. The van der Waals surface area contributed by atoms with E-state index in [1.165, 1.54) is 0 Å². The molecule has 0 spiro atoms. The lowest BCUT2D eigenvalue weighted by molar-refractivity contribution is 0.732. The standard InChI is InChI=1S/C13H24N4/c1-5-8-17(9-6-2)12-10-11(4)15-13(16-12)14-7-3/h10H,5-9H2,1-4H3,(H,14,15,16). The van der Waals surface area contributed by atoms with Crippen molar-refractivity contribution in [3.05, 3.63) is 11.8 Å². The molecule has 1 heterocycles. The second-order valence-corrected chi connectivity index (χ2v) is 4.21. The summed E-state index contributed by atoms with van der Waals surface area (Å²) < 4.78 is 0. The van der Waals surface area contributed by atoms with Gasteiger partial charge in [0.15, 0.2) is 0 Å². The van der Waals surface area contributed by atoms with Gasteiger partial charge in [0.2, 0.25) is 5.95 Å². The van der Waals surface area contributed by atoms with Gasteiger partial charge in [-0.1, -0.05) is 13.8 Å². The first-order chi connectivity index (χ1) is 8.21. The van der Waals surface area contributed by atoms with Gasteiger partial charge in [-0.05, 0) is 26.7 Å². The summed E-state index contributed by atoms with van der Waals surface area (Å²) >= 11 is 0. The van der Waals surface area contributed by atoms with Crippen molar-refractivity contribution in [3.63, 3.8) is 0 Å². The molecule has 0 unspecified atom stereocenters. The monoisotopic (exact) mass is 236 g/mol. The summed E-state index contributed by atoms with van der Waals surface area (Å²) in [6, 6.07) is 2.06. The van der Waals surface area contributed by atoms with Crippen LogP contribution >= 0.6 is 0 Å². The van der Waals surface area contributed by atoms with Crippen molar-refractivity contribution in [2.45, 2.75) is 40.5 Å². The maximum atomic E-state index is 4.56. The van der Waals surface area contributed by atoms with Crippen LogP contribution in [0.1, 0.15) is 39.3 Å². The average Bonchev–Trinajstić information content (AvgIpc) is 2.28. The molecule has 0 radical (unpaired) electrons. The van der Waals surface area contributed by atoms with Gasteiger partial charge in [-0.3, -0.25) is 0 Å². The Labute approximate surface area is 104 Å². The fraction of sp³-hybridized carbons (Fsp3) is 0.692. The molecule has 1 rings (SSSR count). The minimum Gasteiger partial charge on any atom is -0.356 e. The van der Waals surface area contributed by atoms with Gasteiger partial charge in [0.1, 0.15) is 5.82 Å². The Hall–Kier alpha value is -1.32. The van der Waals surface area contributed by atoms with Crippen LogP contribution in [0.25, 0.3) is 0 Å². The first kappa shape index (κ1) is 13.7. The predicted octanol–water partition coefficient (Wildman–Crippen LogP) is 2.84. The Balaban J connectivity index is 2.92. The number of hydrogen-bond acceptors (Lipinski definition) is 4. The van der Waals surface area contributed by atoms with Crippen molar-refractivity contribution in [1.29, 1.82) is 0 Å². The summed E-state index contributed by atoms with van der Waals surface area (Å²) in [6.45, 7) is 11.4. The number of aromatic nitrogens is 2. The Morgan fingerprint density at radius 3 is 2.29 bits per heavy atom. The van der Waals surface area contributed by atoms with E-state index in [1.807, 2.05) is 6.92 Å². The van der Waals surface area contributed by atoms with Crippen LogP contribution in [0.15, 0.2) is 6.07 Å². The minimum atomic E-state index is 0.736. The van der Waals surface area contributed by atoms with Crippen LogP contribution in [-0.4, -0.2) is 29.6 Å². The number of aryl methyl sites for hydroxylation is 1. The lowest BCUT2D eigenvalue weighted by Gasteiger charge is -2.23. The molecule has 0 aliphatic carbocycles. The Morgan fingerprint density at radius 2 is 1.76 bits per heavy atom. The first-order valence-electron chi connectivity index (χ1n) is 6.55. The summed E-state index contributed by atoms with van der Waals surface area (Å²) in [5.74, 6) is 1.77. The smallest absolute Gasteiger partial charge is 0.224 e. The second kappa shape index (κ2) is 7.09. The third kappa shape index (κ3) is 4.21. The molecular formula is C13H24N4. The van der Waals surface area contributed by atoms with Gasteiger partial charge in [-0.2, -0.15) is 4.98 Å². The van der Waals surface area contributed by atoms with E-state index in [1.54, 1.807) is 0 Å². The number of nitrogens with one attached hydrogen (secondary N) is 1. The normalized spacial score (nSPS) is 10.4. The Bertz CT molecular complexity index is 332. The highest BCUT2D eigenvalue weighted by Gasteiger charge is 2.08. The maximum absolute atomic E-state index is 4.56. The number of rotatable bonds is 7. The predicted molar refractivity (Wildman–Crippen MR) is 73.7 cm³/mol. The molecule has 0 aliphatic rings. The molecule has 0 aliphatic heterocycles. The van der Waals surface area contributed by atoms with Crippen LogP contribution in [0.2, 0.25) is 0 Å². The molecule has 17 heavy (non-hydrogen) atoms. The second-order valence-electron chi connectivity index (χ2n) is 4.21. The average molecular weight is 236 g/mol. The van der Waals surface area contributed by atoms with E-state index >= 15 is 0 Å². The zero-order valence-electron chi connectivity index (χ0n) is 11.5. The lowest BCUT2D eigenvalue weighted by atomic mass is 10.3. The number of hydrogen-bond donors (Lipinski definition) is 1. The van der Waals surface area contributed by atoms with E-state index in [0.29, 0.717) is 0 Å². The molecule has 0 fully saturated rings.